The van der Waals surface area contributed by atoms with E-state index in [1.165, 1.54) is 0 Å². The first-order valence-electron chi connectivity index (χ1n) is 9.27. The van der Waals surface area contributed by atoms with Crippen molar-refractivity contribution >= 4 is 5.91 Å². The Kier molecular flexibility index (Phi) is 4.34. The third-order valence-corrected chi connectivity index (χ3v) is 5.81. The third-order valence-electron chi connectivity index (χ3n) is 5.81. The minimum Gasteiger partial charge on any atom is -0.339 e. The molecule has 25 heavy (non-hydrogen) atoms. The zero-order chi connectivity index (χ0) is 17.4. The summed E-state index contributed by atoms with van der Waals surface area (Å²) >= 11 is 0. The molecule has 2 fully saturated rings. The van der Waals surface area contributed by atoms with Crippen LogP contribution >= 0.6 is 0 Å². The van der Waals surface area contributed by atoms with Gasteiger partial charge in [0.2, 0.25) is 0 Å². The molecule has 4 rings (SSSR count). The van der Waals surface area contributed by atoms with E-state index in [-0.39, 0.29) is 5.91 Å². The van der Waals surface area contributed by atoms with Crippen LogP contribution in [0.4, 0.5) is 0 Å². The van der Waals surface area contributed by atoms with Crippen LogP contribution in [-0.2, 0) is 0 Å². The first-order valence-corrected chi connectivity index (χ1v) is 9.27. The molecule has 5 heteroatoms. The van der Waals surface area contributed by atoms with E-state index in [2.05, 4.69) is 10.4 Å². The van der Waals surface area contributed by atoms with Crippen LogP contribution in [0.1, 0.15) is 34.6 Å². The number of rotatable bonds is 2. The van der Waals surface area contributed by atoms with E-state index >= 15 is 0 Å². The monoisotopic (exact) mass is 338 g/mol. The molecule has 0 radical (unpaired) electrons. The predicted molar refractivity (Wildman–Crippen MR) is 98.0 cm³/mol. The maximum absolute atomic E-state index is 13.2. The molecule has 2 saturated heterocycles. The number of nitrogens with zero attached hydrogens (tertiary/aromatic N) is 3. The molecule has 2 aliphatic rings. The van der Waals surface area contributed by atoms with Gasteiger partial charge in [-0.05, 0) is 63.7 Å². The molecule has 1 amide bonds. The number of benzene rings is 1. The van der Waals surface area contributed by atoms with Crippen LogP contribution in [0.3, 0.4) is 0 Å². The van der Waals surface area contributed by atoms with E-state index in [1.54, 1.807) is 0 Å². The lowest BCUT2D eigenvalue weighted by Gasteiger charge is -2.21. The van der Waals surface area contributed by atoms with E-state index in [9.17, 15) is 4.79 Å². The van der Waals surface area contributed by atoms with Crippen molar-refractivity contribution in [2.45, 2.75) is 26.7 Å². The smallest absolute Gasteiger partial charge is 0.257 e. The van der Waals surface area contributed by atoms with Gasteiger partial charge in [-0.3, -0.25) is 4.79 Å². The van der Waals surface area contributed by atoms with Crippen molar-refractivity contribution in [3.05, 3.63) is 47.3 Å². The van der Waals surface area contributed by atoms with Crippen LogP contribution in [-0.4, -0.2) is 46.8 Å². The maximum atomic E-state index is 13.2. The second-order valence-electron chi connectivity index (χ2n) is 7.34. The van der Waals surface area contributed by atoms with Crippen LogP contribution in [0.15, 0.2) is 30.3 Å². The van der Waals surface area contributed by atoms with E-state index in [0.29, 0.717) is 0 Å². The Morgan fingerprint density at radius 3 is 2.36 bits per heavy atom. The molecular weight excluding hydrogens is 312 g/mol. The highest BCUT2D eigenvalue weighted by atomic mass is 16.2. The first-order chi connectivity index (χ1) is 12.1. The number of fused-ring (bicyclic) bond motifs is 1. The number of aryl methyl sites for hydroxylation is 1. The Morgan fingerprint density at radius 1 is 1.08 bits per heavy atom. The van der Waals surface area contributed by atoms with Crippen molar-refractivity contribution in [2.75, 3.05) is 26.2 Å². The summed E-state index contributed by atoms with van der Waals surface area (Å²) in [5, 5.41) is 8.13. The van der Waals surface area contributed by atoms with Gasteiger partial charge in [-0.15, -0.1) is 0 Å². The fourth-order valence-corrected chi connectivity index (χ4v) is 4.35. The summed E-state index contributed by atoms with van der Waals surface area (Å²) in [6, 6.07) is 10.0. The van der Waals surface area contributed by atoms with Crippen LogP contribution < -0.4 is 5.32 Å². The molecule has 3 heterocycles. The van der Waals surface area contributed by atoms with Gasteiger partial charge in [-0.25, -0.2) is 4.68 Å². The quantitative estimate of drug-likeness (QED) is 0.915. The van der Waals surface area contributed by atoms with Gasteiger partial charge in [0.25, 0.3) is 5.91 Å². The van der Waals surface area contributed by atoms with E-state index in [0.717, 1.165) is 73.5 Å². The summed E-state index contributed by atoms with van der Waals surface area (Å²) < 4.78 is 1.89. The number of aromatic nitrogens is 2. The summed E-state index contributed by atoms with van der Waals surface area (Å²) in [6.07, 6.45) is 2.21. The molecule has 132 valence electrons. The minimum absolute atomic E-state index is 0.144. The lowest BCUT2D eigenvalue weighted by atomic mass is 9.92. The van der Waals surface area contributed by atoms with Gasteiger partial charge in [0.1, 0.15) is 0 Å². The van der Waals surface area contributed by atoms with Gasteiger partial charge >= 0.3 is 0 Å². The number of carbonyl (C=O) groups is 1. The summed E-state index contributed by atoms with van der Waals surface area (Å²) in [7, 11) is 0. The van der Waals surface area contributed by atoms with Gasteiger partial charge in [0, 0.05) is 13.1 Å². The molecule has 0 spiro atoms. The lowest BCUT2D eigenvalue weighted by molar-refractivity contribution is 0.0757. The van der Waals surface area contributed by atoms with Crippen LogP contribution in [0, 0.1) is 25.7 Å². The molecule has 0 saturated carbocycles. The number of likely N-dealkylation sites (tertiary alicyclic amines) is 1. The van der Waals surface area contributed by atoms with Crippen molar-refractivity contribution in [3.63, 3.8) is 0 Å². The predicted octanol–water partition coefficient (Wildman–Crippen LogP) is 2.56. The Hall–Kier alpha value is -2.14. The van der Waals surface area contributed by atoms with Crippen LogP contribution in [0.25, 0.3) is 5.69 Å². The second kappa shape index (κ2) is 6.64. The number of para-hydroxylation sites is 1. The largest absolute Gasteiger partial charge is 0.339 e. The molecule has 1 N–H and O–H groups in total. The molecule has 0 bridgehead atoms. The fourth-order valence-electron chi connectivity index (χ4n) is 4.35. The zero-order valence-corrected chi connectivity index (χ0v) is 15.0. The molecule has 2 aliphatic heterocycles. The molecular formula is C20H26N4O. The van der Waals surface area contributed by atoms with Crippen LogP contribution in [0.2, 0.25) is 0 Å². The molecule has 5 nitrogen and oxygen atoms in total. The Morgan fingerprint density at radius 2 is 1.72 bits per heavy atom. The van der Waals surface area contributed by atoms with Crippen molar-refractivity contribution in [1.82, 2.24) is 20.0 Å². The molecule has 0 aliphatic carbocycles. The maximum Gasteiger partial charge on any atom is 0.257 e. The van der Waals surface area contributed by atoms with Gasteiger partial charge < -0.3 is 10.2 Å². The van der Waals surface area contributed by atoms with Gasteiger partial charge in [0.15, 0.2) is 0 Å². The summed E-state index contributed by atoms with van der Waals surface area (Å²) in [4.78, 5) is 15.3. The Labute approximate surface area is 149 Å². The molecule has 1 aromatic heterocycles. The molecule has 1 aromatic carbocycles. The van der Waals surface area contributed by atoms with Crippen molar-refractivity contribution in [1.29, 1.82) is 0 Å². The standard InChI is InChI=1S/C20H26N4O/c1-14-19(15(2)24(22-14)18-6-4-3-5-7-18)20(25)23-10-8-16-12-21-13-17(16)9-11-23/h3-7,16-17,21H,8-13H2,1-2H3/t16-,17+. The Balaban J connectivity index is 1.59. The average Bonchev–Trinajstić information content (AvgIpc) is 3.13. The fraction of sp³-hybridized carbons (Fsp3) is 0.500. The third kappa shape index (κ3) is 2.97. The Bertz CT molecular complexity index is 754. The minimum atomic E-state index is 0.144. The van der Waals surface area contributed by atoms with Crippen molar-refractivity contribution in [3.8, 4) is 5.69 Å². The molecule has 0 unspecified atom stereocenters. The van der Waals surface area contributed by atoms with Crippen LogP contribution in [0.5, 0.6) is 0 Å². The highest BCUT2D eigenvalue weighted by Gasteiger charge is 2.33. The highest BCUT2D eigenvalue weighted by Crippen LogP contribution is 2.28. The topological polar surface area (TPSA) is 50.2 Å². The summed E-state index contributed by atoms with van der Waals surface area (Å²) in [5.74, 6) is 1.60. The van der Waals surface area contributed by atoms with Crippen molar-refractivity contribution in [2.24, 2.45) is 11.8 Å². The highest BCUT2D eigenvalue weighted by molar-refractivity contribution is 5.96. The van der Waals surface area contributed by atoms with Crippen molar-refractivity contribution < 1.29 is 4.79 Å². The number of nitrogens with one attached hydrogen (secondary N) is 1. The number of amides is 1. The van der Waals surface area contributed by atoms with E-state index in [4.69, 9.17) is 0 Å². The number of carbonyl (C=O) groups excluding carboxylic acids is 1. The number of hydrogen-bond acceptors (Lipinski definition) is 3. The summed E-state index contributed by atoms with van der Waals surface area (Å²) in [6.45, 7) is 7.87. The second-order valence-corrected chi connectivity index (χ2v) is 7.34. The van der Waals surface area contributed by atoms with Gasteiger partial charge in [-0.1, -0.05) is 18.2 Å². The average molecular weight is 338 g/mol. The van der Waals surface area contributed by atoms with Gasteiger partial charge in [-0.2, -0.15) is 5.10 Å². The number of hydrogen-bond donors (Lipinski definition) is 1. The SMILES string of the molecule is Cc1nn(-c2ccccc2)c(C)c1C(=O)N1CC[C@@H]2CNC[C@@H]2CC1. The van der Waals surface area contributed by atoms with E-state index in [1.807, 2.05) is 53.8 Å². The lowest BCUT2D eigenvalue weighted by Crippen LogP contribution is -2.33. The van der Waals surface area contributed by atoms with E-state index < -0.39 is 0 Å². The molecule has 2 aromatic rings. The first kappa shape index (κ1) is 16.3. The normalized spacial score (nSPS) is 23.4. The zero-order valence-electron chi connectivity index (χ0n) is 15.0. The summed E-state index contributed by atoms with van der Waals surface area (Å²) in [5.41, 5.74) is 3.52. The van der Waals surface area contributed by atoms with Gasteiger partial charge in [0.05, 0.1) is 22.6 Å². The molecule has 2 atom stereocenters.